The van der Waals surface area contributed by atoms with Crippen LogP contribution in [0.3, 0.4) is 0 Å². The van der Waals surface area contributed by atoms with Crippen LogP contribution in [0.15, 0.2) is 18.2 Å². The number of amides is 2. The molecule has 0 aliphatic rings. The molecule has 0 aromatic heterocycles. The van der Waals surface area contributed by atoms with Gasteiger partial charge in [-0.3, -0.25) is 0 Å². The van der Waals surface area contributed by atoms with Gasteiger partial charge in [-0.1, -0.05) is 23.4 Å². The minimum absolute atomic E-state index is 0.190. The van der Waals surface area contributed by atoms with Crippen LogP contribution in [0.5, 0.6) is 0 Å². The maximum atomic E-state index is 11.9. The minimum Gasteiger partial charge on any atom is -0.384 e. The van der Waals surface area contributed by atoms with E-state index >= 15 is 0 Å². The number of carbonyl (C=O) groups is 1. The van der Waals surface area contributed by atoms with E-state index in [4.69, 9.17) is 16.7 Å². The molecule has 0 atom stereocenters. The van der Waals surface area contributed by atoms with Crippen LogP contribution < -0.4 is 10.6 Å². The van der Waals surface area contributed by atoms with E-state index in [1.165, 1.54) is 18.2 Å². The van der Waals surface area contributed by atoms with Gasteiger partial charge in [-0.2, -0.15) is 13.2 Å². The highest BCUT2D eigenvalue weighted by atomic mass is 35.5. The summed E-state index contributed by atoms with van der Waals surface area (Å²) in [5, 5.41) is 12.8. The Morgan fingerprint density at radius 3 is 2.70 bits per heavy atom. The fourth-order valence-electron chi connectivity index (χ4n) is 1.21. The zero-order valence-corrected chi connectivity index (χ0v) is 10.8. The van der Waals surface area contributed by atoms with Crippen molar-refractivity contribution in [3.8, 4) is 11.8 Å². The molecular weight excluding hydrogens is 297 g/mol. The van der Waals surface area contributed by atoms with Crippen molar-refractivity contribution in [1.29, 1.82) is 0 Å². The Bertz CT molecular complexity index is 550. The summed E-state index contributed by atoms with van der Waals surface area (Å²) < 4.78 is 35.8. The number of nitrogens with one attached hydrogen (secondary N) is 2. The van der Waals surface area contributed by atoms with Crippen LogP contribution >= 0.6 is 11.6 Å². The molecule has 1 aromatic carbocycles. The number of aliphatic hydroxyl groups is 1. The molecule has 0 radical (unpaired) electrons. The summed E-state index contributed by atoms with van der Waals surface area (Å²) in [6.45, 7) is -1.84. The molecule has 108 valence electrons. The van der Waals surface area contributed by atoms with Crippen molar-refractivity contribution in [3.63, 3.8) is 0 Å². The van der Waals surface area contributed by atoms with Crippen LogP contribution in [0.25, 0.3) is 0 Å². The lowest BCUT2D eigenvalue weighted by Crippen LogP contribution is -2.36. The molecule has 1 rings (SSSR count). The molecule has 2 amide bonds. The number of benzene rings is 1. The first kappa shape index (κ1) is 16.1. The number of hydrogen-bond donors (Lipinski definition) is 3. The standard InChI is InChI=1S/C12H10ClF3N2O2/c13-9-3-4-10(8(6-9)2-1-5-19)18-11(20)17-7-12(14,15)16/h3-4,6,19H,5,7H2,(H2,17,18,20). The number of carbonyl (C=O) groups excluding carboxylic acids is 1. The molecule has 0 spiro atoms. The van der Waals surface area contributed by atoms with Crippen LogP contribution in [0.2, 0.25) is 5.02 Å². The van der Waals surface area contributed by atoms with Gasteiger partial charge in [-0.05, 0) is 18.2 Å². The lowest BCUT2D eigenvalue weighted by atomic mass is 10.2. The molecule has 1 aromatic rings. The SMILES string of the molecule is O=C(NCC(F)(F)F)Nc1ccc(Cl)cc1C#CCO. The van der Waals surface area contributed by atoms with Crippen molar-refractivity contribution in [1.82, 2.24) is 5.32 Å². The number of rotatable bonds is 2. The van der Waals surface area contributed by atoms with Crippen LogP contribution in [-0.2, 0) is 0 Å². The lowest BCUT2D eigenvalue weighted by Gasteiger charge is -2.11. The molecule has 0 unspecified atom stereocenters. The smallest absolute Gasteiger partial charge is 0.384 e. The molecule has 20 heavy (non-hydrogen) atoms. The quantitative estimate of drug-likeness (QED) is 0.735. The second kappa shape index (κ2) is 7.03. The van der Waals surface area contributed by atoms with Gasteiger partial charge in [0.2, 0.25) is 0 Å². The predicted molar refractivity (Wildman–Crippen MR) is 68.5 cm³/mol. The lowest BCUT2D eigenvalue weighted by molar-refractivity contribution is -0.122. The molecule has 3 N–H and O–H groups in total. The van der Waals surface area contributed by atoms with E-state index in [9.17, 15) is 18.0 Å². The first-order valence-corrected chi connectivity index (χ1v) is 5.70. The predicted octanol–water partition coefficient (Wildman–Crippen LogP) is 2.37. The summed E-state index contributed by atoms with van der Waals surface area (Å²) in [7, 11) is 0. The third-order valence-electron chi connectivity index (χ3n) is 1.98. The van der Waals surface area contributed by atoms with Crippen molar-refractivity contribution in [2.24, 2.45) is 0 Å². The molecule has 0 fully saturated rings. The van der Waals surface area contributed by atoms with E-state index in [0.29, 0.717) is 5.02 Å². The number of anilines is 1. The van der Waals surface area contributed by atoms with Crippen molar-refractivity contribution in [2.75, 3.05) is 18.5 Å². The van der Waals surface area contributed by atoms with Gasteiger partial charge in [-0.25, -0.2) is 4.79 Å². The first-order valence-electron chi connectivity index (χ1n) is 5.32. The highest BCUT2D eigenvalue weighted by Gasteiger charge is 2.27. The summed E-state index contributed by atoms with van der Waals surface area (Å²) in [5.74, 6) is 4.89. The second-order valence-electron chi connectivity index (χ2n) is 3.57. The third-order valence-corrected chi connectivity index (χ3v) is 2.22. The maximum absolute atomic E-state index is 11.9. The van der Waals surface area contributed by atoms with Crippen LogP contribution in [0.4, 0.5) is 23.7 Å². The molecule has 0 aliphatic heterocycles. The Balaban J connectivity index is 2.79. The molecule has 0 bridgehead atoms. The summed E-state index contributed by atoms with van der Waals surface area (Å²) in [4.78, 5) is 11.3. The third kappa shape index (κ3) is 5.82. The molecule has 0 saturated carbocycles. The van der Waals surface area contributed by atoms with Gasteiger partial charge in [0.25, 0.3) is 0 Å². The first-order chi connectivity index (χ1) is 9.31. The van der Waals surface area contributed by atoms with E-state index in [0.717, 1.165) is 0 Å². The van der Waals surface area contributed by atoms with Gasteiger partial charge < -0.3 is 15.7 Å². The Hall–Kier alpha value is -1.91. The Kier molecular flexibility index (Phi) is 5.67. The highest BCUT2D eigenvalue weighted by Crippen LogP contribution is 2.20. The van der Waals surface area contributed by atoms with E-state index < -0.39 is 25.4 Å². The molecular formula is C12H10ClF3N2O2. The fourth-order valence-corrected chi connectivity index (χ4v) is 1.38. The van der Waals surface area contributed by atoms with Gasteiger partial charge in [0.15, 0.2) is 0 Å². The fraction of sp³-hybridized carbons (Fsp3) is 0.250. The molecule has 0 heterocycles. The summed E-state index contributed by atoms with van der Waals surface area (Å²) in [6, 6.07) is 3.25. The number of aliphatic hydroxyl groups excluding tert-OH is 1. The van der Waals surface area contributed by atoms with Gasteiger partial charge >= 0.3 is 12.2 Å². The molecule has 0 aliphatic carbocycles. The summed E-state index contributed by atoms with van der Waals surface area (Å²) in [6.07, 6.45) is -4.49. The minimum atomic E-state index is -4.49. The molecule has 8 heteroatoms. The second-order valence-corrected chi connectivity index (χ2v) is 4.01. The number of alkyl halides is 3. The van der Waals surface area contributed by atoms with Gasteiger partial charge in [0.1, 0.15) is 13.2 Å². The van der Waals surface area contributed by atoms with Crippen LogP contribution in [0.1, 0.15) is 5.56 Å². The van der Waals surface area contributed by atoms with Crippen molar-refractivity contribution >= 4 is 23.3 Å². The van der Waals surface area contributed by atoms with Gasteiger partial charge in [0, 0.05) is 10.6 Å². The van der Waals surface area contributed by atoms with E-state index in [1.54, 1.807) is 5.32 Å². The van der Waals surface area contributed by atoms with Crippen LogP contribution in [0, 0.1) is 11.8 Å². The number of urea groups is 1. The molecule has 4 nitrogen and oxygen atoms in total. The van der Waals surface area contributed by atoms with Gasteiger partial charge in [0.05, 0.1) is 5.69 Å². The van der Waals surface area contributed by atoms with E-state index in [-0.39, 0.29) is 11.3 Å². The Morgan fingerprint density at radius 2 is 2.10 bits per heavy atom. The van der Waals surface area contributed by atoms with Crippen molar-refractivity contribution in [3.05, 3.63) is 28.8 Å². The zero-order chi connectivity index (χ0) is 15.2. The van der Waals surface area contributed by atoms with Gasteiger partial charge in [-0.15, -0.1) is 0 Å². The summed E-state index contributed by atoms with van der Waals surface area (Å²) in [5.41, 5.74) is 0.476. The number of hydrogen-bond acceptors (Lipinski definition) is 2. The monoisotopic (exact) mass is 306 g/mol. The summed E-state index contributed by atoms with van der Waals surface area (Å²) >= 11 is 5.75. The Morgan fingerprint density at radius 1 is 1.40 bits per heavy atom. The van der Waals surface area contributed by atoms with E-state index in [1.807, 2.05) is 0 Å². The average molecular weight is 307 g/mol. The largest absolute Gasteiger partial charge is 0.405 e. The average Bonchev–Trinajstić information content (AvgIpc) is 2.36. The van der Waals surface area contributed by atoms with E-state index in [2.05, 4.69) is 17.2 Å². The van der Waals surface area contributed by atoms with Crippen LogP contribution in [-0.4, -0.2) is 30.5 Å². The van der Waals surface area contributed by atoms with Crippen molar-refractivity contribution < 1.29 is 23.1 Å². The Labute approximate surface area is 117 Å². The molecule has 0 saturated heterocycles. The number of halogens is 4. The topological polar surface area (TPSA) is 61.4 Å². The maximum Gasteiger partial charge on any atom is 0.405 e. The highest BCUT2D eigenvalue weighted by molar-refractivity contribution is 6.30. The van der Waals surface area contributed by atoms with Crippen molar-refractivity contribution in [2.45, 2.75) is 6.18 Å². The normalized spacial score (nSPS) is 10.4. The zero-order valence-electron chi connectivity index (χ0n) is 10.0.